The van der Waals surface area contributed by atoms with Gasteiger partial charge in [-0.1, -0.05) is 0 Å². The molecule has 2 N–H and O–H groups in total. The van der Waals surface area contributed by atoms with E-state index in [0.29, 0.717) is 55.7 Å². The van der Waals surface area contributed by atoms with Gasteiger partial charge in [0.2, 0.25) is 11.8 Å². The van der Waals surface area contributed by atoms with E-state index in [0.717, 1.165) is 0 Å². The summed E-state index contributed by atoms with van der Waals surface area (Å²) in [6.45, 7) is 1.71. The number of H-pyrrole nitrogens is 1. The molecule has 0 radical (unpaired) electrons. The average molecular weight is 358 g/mol. The summed E-state index contributed by atoms with van der Waals surface area (Å²) < 4.78 is 4.93. The lowest BCUT2D eigenvalue weighted by atomic mass is 10.1. The van der Waals surface area contributed by atoms with Crippen molar-refractivity contribution in [1.29, 1.82) is 0 Å². The number of rotatable bonds is 2. The summed E-state index contributed by atoms with van der Waals surface area (Å²) in [5.41, 5.74) is 1.34. The summed E-state index contributed by atoms with van der Waals surface area (Å²) in [5, 5.41) is 2.68. The van der Waals surface area contributed by atoms with Gasteiger partial charge in [-0.3, -0.25) is 19.4 Å². The zero-order chi connectivity index (χ0) is 18.3. The molecule has 3 heterocycles. The summed E-state index contributed by atoms with van der Waals surface area (Å²) in [4.78, 5) is 53.5. The Labute approximate surface area is 147 Å². The Hall–Kier alpha value is -3.10. The molecule has 0 spiro atoms. The number of piperazine rings is 1. The van der Waals surface area contributed by atoms with Gasteiger partial charge in [0.1, 0.15) is 6.04 Å². The fourth-order valence-electron chi connectivity index (χ4n) is 3.42. The summed E-state index contributed by atoms with van der Waals surface area (Å²) >= 11 is 0. The molecule has 2 saturated heterocycles. The van der Waals surface area contributed by atoms with Crippen LogP contribution >= 0.6 is 0 Å². The monoisotopic (exact) mass is 358 g/mol. The topological polar surface area (TPSA) is 116 Å². The van der Waals surface area contributed by atoms with E-state index in [9.17, 15) is 19.2 Å². The predicted octanol–water partition coefficient (Wildman–Crippen LogP) is -0.316. The third kappa shape index (κ3) is 2.96. The van der Waals surface area contributed by atoms with Gasteiger partial charge < -0.3 is 19.5 Å². The van der Waals surface area contributed by atoms with Gasteiger partial charge in [0.15, 0.2) is 5.58 Å². The number of nitrogens with one attached hydrogen (secondary N) is 2. The van der Waals surface area contributed by atoms with Gasteiger partial charge in [0.05, 0.1) is 5.52 Å². The molecule has 136 valence electrons. The number of nitrogens with zero attached hydrogens (tertiary/aromatic N) is 2. The number of carbonyl (C=O) groups is 3. The lowest BCUT2D eigenvalue weighted by molar-refractivity contribution is -0.135. The molecule has 26 heavy (non-hydrogen) atoms. The molecule has 1 unspecified atom stereocenters. The van der Waals surface area contributed by atoms with Crippen molar-refractivity contribution in [1.82, 2.24) is 20.1 Å². The number of fused-ring (bicyclic) bond motifs is 1. The van der Waals surface area contributed by atoms with E-state index in [4.69, 9.17) is 4.42 Å². The summed E-state index contributed by atoms with van der Waals surface area (Å²) in [6.07, 6.45) is 0.910. The van der Waals surface area contributed by atoms with E-state index in [-0.39, 0.29) is 17.7 Å². The van der Waals surface area contributed by atoms with Crippen LogP contribution in [0, 0.1) is 0 Å². The average Bonchev–Trinajstić information content (AvgIpc) is 3.24. The van der Waals surface area contributed by atoms with Crippen LogP contribution < -0.4 is 11.1 Å². The quantitative estimate of drug-likeness (QED) is 0.764. The molecule has 1 atom stereocenters. The fraction of sp³-hybridized carbons (Fsp3) is 0.412. The highest BCUT2D eigenvalue weighted by atomic mass is 16.4. The Kier molecular flexibility index (Phi) is 3.98. The molecular formula is C17H18N4O5. The second-order valence-electron chi connectivity index (χ2n) is 6.50. The van der Waals surface area contributed by atoms with E-state index in [1.807, 2.05) is 0 Å². The number of benzene rings is 1. The van der Waals surface area contributed by atoms with E-state index in [1.54, 1.807) is 28.0 Å². The van der Waals surface area contributed by atoms with Crippen LogP contribution in [-0.4, -0.2) is 64.7 Å². The summed E-state index contributed by atoms with van der Waals surface area (Å²) in [7, 11) is 0. The maximum Gasteiger partial charge on any atom is 0.417 e. The molecule has 3 amide bonds. The Morgan fingerprint density at radius 2 is 1.81 bits per heavy atom. The Morgan fingerprint density at radius 3 is 2.50 bits per heavy atom. The SMILES string of the molecule is O=C1CCC(C(=O)N2CCN(C(=O)c3ccc4oc(=O)[nH]c4c3)CC2)N1. The number of hydrogen-bond acceptors (Lipinski definition) is 5. The van der Waals surface area contributed by atoms with Gasteiger partial charge >= 0.3 is 5.76 Å². The van der Waals surface area contributed by atoms with Gasteiger partial charge in [-0.2, -0.15) is 0 Å². The number of oxazole rings is 1. The first-order valence-electron chi connectivity index (χ1n) is 8.51. The fourth-order valence-corrected chi connectivity index (χ4v) is 3.42. The van der Waals surface area contributed by atoms with Crippen LogP contribution in [0.25, 0.3) is 11.1 Å². The van der Waals surface area contributed by atoms with Gasteiger partial charge in [0, 0.05) is 38.2 Å². The Bertz CT molecular complexity index is 938. The van der Waals surface area contributed by atoms with Gasteiger partial charge in [-0.15, -0.1) is 0 Å². The molecule has 2 fully saturated rings. The molecule has 9 heteroatoms. The van der Waals surface area contributed by atoms with Crippen molar-refractivity contribution >= 4 is 28.8 Å². The number of amides is 3. The van der Waals surface area contributed by atoms with Crippen molar-refractivity contribution in [3.05, 3.63) is 34.3 Å². The van der Waals surface area contributed by atoms with E-state index < -0.39 is 11.8 Å². The van der Waals surface area contributed by atoms with Crippen molar-refractivity contribution in [3.8, 4) is 0 Å². The Balaban J connectivity index is 1.40. The first kappa shape index (κ1) is 16.4. The third-order valence-corrected chi connectivity index (χ3v) is 4.84. The molecule has 0 aliphatic carbocycles. The molecule has 1 aromatic heterocycles. The van der Waals surface area contributed by atoms with Crippen molar-refractivity contribution < 1.29 is 18.8 Å². The van der Waals surface area contributed by atoms with Crippen molar-refractivity contribution in [3.63, 3.8) is 0 Å². The van der Waals surface area contributed by atoms with Crippen molar-refractivity contribution in [2.75, 3.05) is 26.2 Å². The maximum atomic E-state index is 12.7. The van der Waals surface area contributed by atoms with Crippen LogP contribution in [0.15, 0.2) is 27.4 Å². The highest BCUT2D eigenvalue weighted by Gasteiger charge is 2.33. The second-order valence-corrected chi connectivity index (χ2v) is 6.50. The van der Waals surface area contributed by atoms with Crippen LogP contribution in [0.3, 0.4) is 0 Å². The summed E-state index contributed by atoms with van der Waals surface area (Å²) in [5.74, 6) is -0.892. The van der Waals surface area contributed by atoms with Gasteiger partial charge in [-0.25, -0.2) is 4.79 Å². The largest absolute Gasteiger partial charge is 0.417 e. The van der Waals surface area contributed by atoms with Gasteiger partial charge in [0.25, 0.3) is 5.91 Å². The van der Waals surface area contributed by atoms with Gasteiger partial charge in [-0.05, 0) is 24.6 Å². The first-order valence-corrected chi connectivity index (χ1v) is 8.51. The van der Waals surface area contributed by atoms with Crippen molar-refractivity contribution in [2.45, 2.75) is 18.9 Å². The van der Waals surface area contributed by atoms with E-state index in [1.165, 1.54) is 0 Å². The Morgan fingerprint density at radius 1 is 1.08 bits per heavy atom. The lowest BCUT2D eigenvalue weighted by Crippen LogP contribution is -2.54. The molecular weight excluding hydrogens is 340 g/mol. The zero-order valence-corrected chi connectivity index (χ0v) is 14.0. The smallest absolute Gasteiger partial charge is 0.408 e. The van der Waals surface area contributed by atoms with Crippen LogP contribution in [0.5, 0.6) is 0 Å². The minimum atomic E-state index is -0.560. The summed E-state index contributed by atoms with van der Waals surface area (Å²) in [6, 6.07) is 4.36. The lowest BCUT2D eigenvalue weighted by Gasteiger charge is -2.35. The van der Waals surface area contributed by atoms with Crippen molar-refractivity contribution in [2.24, 2.45) is 0 Å². The first-order chi connectivity index (χ1) is 12.5. The zero-order valence-electron chi connectivity index (χ0n) is 14.0. The predicted molar refractivity (Wildman–Crippen MR) is 90.5 cm³/mol. The molecule has 2 aliphatic rings. The molecule has 9 nitrogen and oxygen atoms in total. The highest BCUT2D eigenvalue weighted by molar-refractivity contribution is 5.97. The number of aromatic amines is 1. The third-order valence-electron chi connectivity index (χ3n) is 4.84. The molecule has 1 aromatic carbocycles. The standard InChI is InChI=1S/C17H18N4O5/c22-14-4-2-11(18-14)16(24)21-7-5-20(6-8-21)15(23)10-1-3-13-12(9-10)19-17(25)26-13/h1,3,9,11H,2,4-8H2,(H,18,22)(H,19,25). The maximum absolute atomic E-state index is 12.7. The highest BCUT2D eigenvalue weighted by Crippen LogP contribution is 2.16. The van der Waals surface area contributed by atoms with E-state index in [2.05, 4.69) is 10.3 Å². The van der Waals surface area contributed by atoms with E-state index >= 15 is 0 Å². The molecule has 2 aromatic rings. The number of aromatic nitrogens is 1. The normalized spacial score (nSPS) is 20.5. The molecule has 0 saturated carbocycles. The molecule has 0 bridgehead atoms. The van der Waals surface area contributed by atoms with Crippen LogP contribution in [0.1, 0.15) is 23.2 Å². The number of hydrogen-bond donors (Lipinski definition) is 2. The second kappa shape index (κ2) is 6.32. The number of carbonyl (C=O) groups excluding carboxylic acids is 3. The van der Waals surface area contributed by atoms with Crippen LogP contribution in [0.4, 0.5) is 0 Å². The molecule has 2 aliphatic heterocycles. The van der Waals surface area contributed by atoms with Crippen LogP contribution in [0.2, 0.25) is 0 Å². The molecule has 4 rings (SSSR count). The minimum absolute atomic E-state index is 0.0830. The minimum Gasteiger partial charge on any atom is -0.408 e. The van der Waals surface area contributed by atoms with Crippen LogP contribution in [-0.2, 0) is 9.59 Å².